The molecule has 68 valence electrons. The molecular weight excluding hydrogens is 164 g/mol. The second-order valence-corrected chi connectivity index (χ2v) is 3.35. The van der Waals surface area contributed by atoms with Gasteiger partial charge in [0.2, 0.25) is 0 Å². The van der Waals surface area contributed by atoms with Crippen LogP contribution in [0, 0.1) is 0 Å². The first-order valence-electron chi connectivity index (χ1n) is 4.34. The highest BCUT2D eigenvalue weighted by Gasteiger charge is 2.02. The van der Waals surface area contributed by atoms with Crippen molar-refractivity contribution < 1.29 is 0 Å². The fraction of sp³-hybridized carbons (Fsp3) is 0.333. The van der Waals surface area contributed by atoms with Crippen molar-refractivity contribution in [2.75, 3.05) is 0 Å². The highest BCUT2D eigenvalue weighted by molar-refractivity contribution is 5.34. The Morgan fingerprint density at radius 2 is 2.15 bits per heavy atom. The fourth-order valence-electron chi connectivity index (χ4n) is 1.21. The molecule has 0 radical (unpaired) electrons. The molecule has 0 saturated heterocycles. The maximum absolute atomic E-state index is 3.79. The number of nitrogens with one attached hydrogen (secondary N) is 1. The normalized spacial score (nSPS) is 11.0. The zero-order valence-electron chi connectivity index (χ0n) is 7.73. The van der Waals surface area contributed by atoms with Gasteiger partial charge in [0.15, 0.2) is 0 Å². The standard InChI is InChI=1S/C9H12N4/c1-7(2)8-4-3-5-9(6-8)13-11-10-12-13/h3-7H,1-2H3,(H,11,12). The number of hydrogen-bond donors (Lipinski definition) is 1. The first-order valence-corrected chi connectivity index (χ1v) is 4.34. The van der Waals surface area contributed by atoms with Gasteiger partial charge in [0, 0.05) is 0 Å². The Labute approximate surface area is 76.5 Å². The lowest BCUT2D eigenvalue weighted by Gasteiger charge is -2.09. The van der Waals surface area contributed by atoms with E-state index in [0.29, 0.717) is 5.92 Å². The summed E-state index contributed by atoms with van der Waals surface area (Å²) in [6, 6.07) is 8.25. The van der Waals surface area contributed by atoms with Crippen molar-refractivity contribution in [2.45, 2.75) is 19.8 Å². The molecule has 0 aliphatic heterocycles. The van der Waals surface area contributed by atoms with Crippen molar-refractivity contribution in [1.82, 2.24) is 20.4 Å². The van der Waals surface area contributed by atoms with E-state index in [1.54, 1.807) is 4.80 Å². The van der Waals surface area contributed by atoms with Gasteiger partial charge in [-0.15, -0.1) is 4.80 Å². The van der Waals surface area contributed by atoms with E-state index in [2.05, 4.69) is 41.6 Å². The van der Waals surface area contributed by atoms with E-state index in [0.717, 1.165) is 5.69 Å². The van der Waals surface area contributed by atoms with Gasteiger partial charge in [0.05, 0.1) is 5.69 Å². The third-order valence-corrected chi connectivity index (χ3v) is 2.06. The molecular formula is C9H12N4. The zero-order valence-corrected chi connectivity index (χ0v) is 7.73. The molecule has 1 aromatic heterocycles. The molecule has 4 heteroatoms. The van der Waals surface area contributed by atoms with Crippen molar-refractivity contribution in [1.29, 1.82) is 0 Å². The number of aromatic nitrogens is 4. The molecule has 0 bridgehead atoms. The second kappa shape index (κ2) is 3.05. The molecule has 1 heterocycles. The number of rotatable bonds is 2. The van der Waals surface area contributed by atoms with Crippen LogP contribution in [0.5, 0.6) is 0 Å². The van der Waals surface area contributed by atoms with Gasteiger partial charge < -0.3 is 0 Å². The average molecular weight is 176 g/mol. The van der Waals surface area contributed by atoms with E-state index < -0.39 is 0 Å². The molecule has 4 nitrogen and oxygen atoms in total. The topological polar surface area (TPSA) is 46.5 Å². The third-order valence-electron chi connectivity index (χ3n) is 2.06. The maximum atomic E-state index is 3.79. The van der Waals surface area contributed by atoms with Crippen LogP contribution in [0.2, 0.25) is 0 Å². The van der Waals surface area contributed by atoms with Crippen LogP contribution >= 0.6 is 0 Å². The van der Waals surface area contributed by atoms with Crippen molar-refractivity contribution in [3.8, 4) is 5.69 Å². The van der Waals surface area contributed by atoms with Gasteiger partial charge in [-0.05, 0) is 34.0 Å². The first kappa shape index (κ1) is 8.04. The molecule has 13 heavy (non-hydrogen) atoms. The Morgan fingerprint density at radius 1 is 1.38 bits per heavy atom. The van der Waals surface area contributed by atoms with Crippen LogP contribution in [0.1, 0.15) is 25.3 Å². The highest BCUT2D eigenvalue weighted by Crippen LogP contribution is 2.16. The Bertz CT molecular complexity index is 376. The van der Waals surface area contributed by atoms with E-state index in [1.807, 2.05) is 12.1 Å². The lowest BCUT2D eigenvalue weighted by atomic mass is 10.0. The summed E-state index contributed by atoms with van der Waals surface area (Å²) in [4.78, 5) is 1.64. The smallest absolute Gasteiger partial charge is 0.0871 e. The van der Waals surface area contributed by atoms with Crippen LogP contribution in [0.15, 0.2) is 24.3 Å². The number of benzene rings is 1. The Balaban J connectivity index is 2.36. The molecule has 0 amide bonds. The molecule has 0 unspecified atom stereocenters. The van der Waals surface area contributed by atoms with Gasteiger partial charge in [-0.2, -0.15) is 5.21 Å². The minimum atomic E-state index is 0.540. The fourth-order valence-corrected chi connectivity index (χ4v) is 1.21. The van der Waals surface area contributed by atoms with Gasteiger partial charge in [0.1, 0.15) is 0 Å². The summed E-state index contributed by atoms with van der Waals surface area (Å²) < 4.78 is 0. The van der Waals surface area contributed by atoms with Crippen LogP contribution in [0.3, 0.4) is 0 Å². The molecule has 0 spiro atoms. The SMILES string of the molecule is CC(C)c1cccc(-n2nn[nH]2)c1. The van der Waals surface area contributed by atoms with Crippen LogP contribution in [0.25, 0.3) is 5.69 Å². The monoisotopic (exact) mass is 176 g/mol. The Morgan fingerprint density at radius 3 is 2.69 bits per heavy atom. The summed E-state index contributed by atoms with van der Waals surface area (Å²) in [5.74, 6) is 0.540. The summed E-state index contributed by atoms with van der Waals surface area (Å²) in [6.07, 6.45) is 0. The van der Waals surface area contributed by atoms with Gasteiger partial charge in [0.25, 0.3) is 0 Å². The van der Waals surface area contributed by atoms with Crippen LogP contribution < -0.4 is 0 Å². The molecule has 0 saturated carbocycles. The minimum absolute atomic E-state index is 0.540. The quantitative estimate of drug-likeness (QED) is 0.757. The number of H-pyrrole nitrogens is 1. The largest absolute Gasteiger partial charge is 0.176 e. The van der Waals surface area contributed by atoms with Crippen LogP contribution in [0.4, 0.5) is 0 Å². The summed E-state index contributed by atoms with van der Waals surface area (Å²) in [7, 11) is 0. The molecule has 2 rings (SSSR count). The predicted octanol–water partition coefficient (Wildman–Crippen LogP) is 1.72. The maximum Gasteiger partial charge on any atom is 0.0871 e. The first-order chi connectivity index (χ1) is 6.27. The Kier molecular flexibility index (Phi) is 1.88. The van der Waals surface area contributed by atoms with Crippen molar-refractivity contribution in [3.05, 3.63) is 29.8 Å². The van der Waals surface area contributed by atoms with Crippen LogP contribution in [-0.4, -0.2) is 20.4 Å². The molecule has 0 aliphatic rings. The van der Waals surface area contributed by atoms with Gasteiger partial charge in [-0.3, -0.25) is 0 Å². The average Bonchev–Trinajstić information content (AvgIpc) is 2.01. The number of hydrogen-bond acceptors (Lipinski definition) is 2. The molecule has 0 fully saturated rings. The molecule has 0 aliphatic carbocycles. The Hall–Kier alpha value is -1.58. The number of nitrogens with zero attached hydrogens (tertiary/aromatic N) is 3. The third kappa shape index (κ3) is 1.47. The summed E-state index contributed by atoms with van der Waals surface area (Å²) >= 11 is 0. The zero-order chi connectivity index (χ0) is 9.26. The summed E-state index contributed by atoms with van der Waals surface area (Å²) in [5.41, 5.74) is 2.34. The minimum Gasteiger partial charge on any atom is -0.176 e. The highest BCUT2D eigenvalue weighted by atomic mass is 15.7. The van der Waals surface area contributed by atoms with E-state index >= 15 is 0 Å². The predicted molar refractivity (Wildman–Crippen MR) is 49.8 cm³/mol. The lowest BCUT2D eigenvalue weighted by molar-refractivity contribution is 0.472. The van der Waals surface area contributed by atoms with E-state index in [1.165, 1.54) is 5.56 Å². The van der Waals surface area contributed by atoms with Crippen molar-refractivity contribution >= 4 is 0 Å². The summed E-state index contributed by atoms with van der Waals surface area (Å²) in [6.45, 7) is 4.34. The van der Waals surface area contributed by atoms with Crippen LogP contribution in [-0.2, 0) is 0 Å². The van der Waals surface area contributed by atoms with Gasteiger partial charge in [-0.25, -0.2) is 0 Å². The summed E-state index contributed by atoms with van der Waals surface area (Å²) in [5, 5.41) is 10.1. The lowest BCUT2D eigenvalue weighted by Crippen LogP contribution is -2.14. The van der Waals surface area contributed by atoms with E-state index in [9.17, 15) is 0 Å². The van der Waals surface area contributed by atoms with Gasteiger partial charge in [-0.1, -0.05) is 26.0 Å². The van der Waals surface area contributed by atoms with E-state index in [4.69, 9.17) is 0 Å². The molecule has 1 aromatic carbocycles. The van der Waals surface area contributed by atoms with E-state index in [-0.39, 0.29) is 0 Å². The van der Waals surface area contributed by atoms with Gasteiger partial charge >= 0.3 is 0 Å². The number of aromatic amines is 1. The second-order valence-electron chi connectivity index (χ2n) is 3.35. The molecule has 0 atom stereocenters. The molecule has 1 N–H and O–H groups in total. The van der Waals surface area contributed by atoms with Crippen molar-refractivity contribution in [3.63, 3.8) is 0 Å². The van der Waals surface area contributed by atoms with Crippen molar-refractivity contribution in [2.24, 2.45) is 0 Å². The molecule has 2 aromatic rings.